The maximum absolute atomic E-state index is 12.5. The first-order valence-corrected chi connectivity index (χ1v) is 6.45. The predicted octanol–water partition coefficient (Wildman–Crippen LogP) is 4.04. The highest BCUT2D eigenvalue weighted by molar-refractivity contribution is 5.58. The third-order valence-corrected chi connectivity index (χ3v) is 2.87. The van der Waals surface area contributed by atoms with Gasteiger partial charge in [-0.1, -0.05) is 5.16 Å². The minimum absolute atomic E-state index is 0.0369. The van der Waals surface area contributed by atoms with Gasteiger partial charge in [0.1, 0.15) is 11.4 Å². The summed E-state index contributed by atoms with van der Waals surface area (Å²) in [4.78, 5) is 3.86. The Kier molecular flexibility index (Phi) is 3.89. The van der Waals surface area contributed by atoms with E-state index in [4.69, 9.17) is 4.52 Å². The van der Waals surface area contributed by atoms with E-state index in [0.717, 1.165) is 12.1 Å². The van der Waals surface area contributed by atoms with Crippen LogP contribution in [0.1, 0.15) is 5.69 Å². The fourth-order valence-corrected chi connectivity index (χ4v) is 1.83. The van der Waals surface area contributed by atoms with Gasteiger partial charge in [-0.2, -0.15) is 23.3 Å². The van der Waals surface area contributed by atoms with Gasteiger partial charge < -0.3 is 9.26 Å². The minimum Gasteiger partial charge on any atom is -0.406 e. The molecular weight excluding hydrogens is 358 g/mol. The molecule has 0 saturated heterocycles. The molecule has 132 valence electrons. The second kappa shape index (κ2) is 5.79. The molecule has 0 aliphatic carbocycles. The Bertz CT molecular complexity index is 866. The lowest BCUT2D eigenvalue weighted by atomic mass is 10.2. The van der Waals surface area contributed by atoms with Crippen molar-refractivity contribution >= 4 is 0 Å². The quantitative estimate of drug-likeness (QED) is 0.710. The molecule has 3 rings (SSSR count). The van der Waals surface area contributed by atoms with E-state index in [0.29, 0.717) is 6.07 Å². The average Bonchev–Trinajstić information content (AvgIpc) is 3.15. The summed E-state index contributed by atoms with van der Waals surface area (Å²) >= 11 is 0. The van der Waals surface area contributed by atoms with Gasteiger partial charge in [0.25, 0.3) is 5.89 Å². The Morgan fingerprint density at radius 3 is 2.24 bits per heavy atom. The van der Waals surface area contributed by atoms with Crippen LogP contribution in [0.5, 0.6) is 5.75 Å². The number of aromatic amines is 1. The SMILES string of the molecule is FC(F)(F)Oc1ccc(-c2noc(-c3cc(C(F)(F)F)[nH]n3)n2)cc1. The van der Waals surface area contributed by atoms with Crippen LogP contribution >= 0.6 is 0 Å². The van der Waals surface area contributed by atoms with Crippen molar-refractivity contribution in [3.8, 4) is 28.7 Å². The number of nitrogens with zero attached hydrogens (tertiary/aromatic N) is 3. The fourth-order valence-electron chi connectivity index (χ4n) is 1.83. The predicted molar refractivity (Wildman–Crippen MR) is 69.0 cm³/mol. The number of hydrogen-bond acceptors (Lipinski definition) is 5. The zero-order chi connectivity index (χ0) is 18.2. The zero-order valence-electron chi connectivity index (χ0n) is 11.8. The van der Waals surface area contributed by atoms with Crippen molar-refractivity contribution in [1.82, 2.24) is 20.3 Å². The number of ether oxygens (including phenoxy) is 1. The molecule has 0 unspecified atom stereocenters. The Hall–Kier alpha value is -3.05. The summed E-state index contributed by atoms with van der Waals surface area (Å²) < 4.78 is 82.3. The number of alkyl halides is 6. The highest BCUT2D eigenvalue weighted by Crippen LogP contribution is 2.31. The van der Waals surface area contributed by atoms with E-state index in [9.17, 15) is 26.3 Å². The van der Waals surface area contributed by atoms with E-state index in [2.05, 4.69) is 20.0 Å². The lowest BCUT2D eigenvalue weighted by molar-refractivity contribution is -0.274. The summed E-state index contributed by atoms with van der Waals surface area (Å²) in [5.74, 6) is -0.760. The van der Waals surface area contributed by atoms with Crippen molar-refractivity contribution in [2.24, 2.45) is 0 Å². The molecule has 25 heavy (non-hydrogen) atoms. The van der Waals surface area contributed by atoms with Crippen molar-refractivity contribution in [2.45, 2.75) is 12.5 Å². The molecule has 2 heterocycles. The molecule has 0 fully saturated rings. The van der Waals surface area contributed by atoms with Gasteiger partial charge in [0.2, 0.25) is 5.82 Å². The van der Waals surface area contributed by atoms with E-state index in [1.807, 2.05) is 0 Å². The molecule has 0 amide bonds. The van der Waals surface area contributed by atoms with Crippen LogP contribution in [-0.2, 0) is 6.18 Å². The maximum Gasteiger partial charge on any atom is 0.573 e. The minimum atomic E-state index is -4.82. The smallest absolute Gasteiger partial charge is 0.406 e. The van der Waals surface area contributed by atoms with Crippen molar-refractivity contribution in [3.05, 3.63) is 36.0 Å². The van der Waals surface area contributed by atoms with Gasteiger partial charge in [0, 0.05) is 11.6 Å². The van der Waals surface area contributed by atoms with Crippen LogP contribution in [0.2, 0.25) is 0 Å². The molecule has 12 heteroatoms. The average molecular weight is 364 g/mol. The van der Waals surface area contributed by atoms with Crippen molar-refractivity contribution < 1.29 is 35.6 Å². The van der Waals surface area contributed by atoms with Crippen LogP contribution in [-0.4, -0.2) is 26.7 Å². The van der Waals surface area contributed by atoms with E-state index in [-0.39, 0.29) is 23.0 Å². The van der Waals surface area contributed by atoms with E-state index >= 15 is 0 Å². The number of aromatic nitrogens is 4. The fraction of sp³-hybridized carbons (Fsp3) is 0.154. The first-order chi connectivity index (χ1) is 11.6. The third kappa shape index (κ3) is 3.89. The van der Waals surface area contributed by atoms with Gasteiger partial charge in [-0.05, 0) is 24.3 Å². The second-order valence-corrected chi connectivity index (χ2v) is 4.66. The van der Waals surface area contributed by atoms with Gasteiger partial charge in [-0.25, -0.2) is 0 Å². The third-order valence-electron chi connectivity index (χ3n) is 2.87. The number of nitrogens with one attached hydrogen (secondary N) is 1. The first-order valence-electron chi connectivity index (χ1n) is 6.45. The van der Waals surface area contributed by atoms with Crippen LogP contribution in [0.3, 0.4) is 0 Å². The lowest BCUT2D eigenvalue weighted by Crippen LogP contribution is -2.16. The highest BCUT2D eigenvalue weighted by atomic mass is 19.4. The van der Waals surface area contributed by atoms with Gasteiger partial charge >= 0.3 is 12.5 Å². The Balaban J connectivity index is 1.80. The van der Waals surface area contributed by atoms with Gasteiger partial charge in [0.05, 0.1) is 0 Å². The van der Waals surface area contributed by atoms with Gasteiger partial charge in [-0.15, -0.1) is 13.2 Å². The number of H-pyrrole nitrogens is 1. The topological polar surface area (TPSA) is 76.8 Å². The van der Waals surface area contributed by atoms with Crippen molar-refractivity contribution in [1.29, 1.82) is 0 Å². The standard InChI is InChI=1S/C13H6F6N4O2/c14-12(15,16)9-5-8(21-22-9)11-20-10(23-25-11)6-1-3-7(4-2-6)24-13(17,18)19/h1-5H,(H,21,22). The normalized spacial score (nSPS) is 12.4. The molecule has 1 aromatic carbocycles. The number of benzene rings is 1. The largest absolute Gasteiger partial charge is 0.573 e. The van der Waals surface area contributed by atoms with Crippen LogP contribution in [0.15, 0.2) is 34.9 Å². The summed E-state index contributed by atoms with van der Waals surface area (Å²) in [5.41, 5.74) is -1.03. The van der Waals surface area contributed by atoms with Gasteiger partial charge in [-0.3, -0.25) is 5.10 Å². The molecule has 0 aliphatic heterocycles. The van der Waals surface area contributed by atoms with Crippen LogP contribution in [0, 0.1) is 0 Å². The number of rotatable bonds is 3. The Morgan fingerprint density at radius 2 is 1.68 bits per heavy atom. The summed E-state index contributed by atoms with van der Waals surface area (Å²) in [7, 11) is 0. The molecule has 0 saturated carbocycles. The molecule has 0 bridgehead atoms. The molecule has 6 nitrogen and oxygen atoms in total. The summed E-state index contributed by atoms with van der Waals surface area (Å²) in [6.45, 7) is 0. The number of hydrogen-bond donors (Lipinski definition) is 1. The van der Waals surface area contributed by atoms with E-state index in [1.165, 1.54) is 12.1 Å². The van der Waals surface area contributed by atoms with Crippen LogP contribution in [0.4, 0.5) is 26.3 Å². The molecule has 0 spiro atoms. The molecule has 3 aromatic rings. The van der Waals surface area contributed by atoms with Crippen LogP contribution < -0.4 is 4.74 Å². The molecule has 0 radical (unpaired) electrons. The van der Waals surface area contributed by atoms with E-state index in [1.54, 1.807) is 5.10 Å². The monoisotopic (exact) mass is 364 g/mol. The molecule has 0 atom stereocenters. The molecule has 0 aliphatic rings. The van der Waals surface area contributed by atoms with Crippen LogP contribution in [0.25, 0.3) is 23.0 Å². The second-order valence-electron chi connectivity index (χ2n) is 4.66. The molecule has 2 aromatic heterocycles. The highest BCUT2D eigenvalue weighted by Gasteiger charge is 2.34. The summed E-state index contributed by atoms with van der Waals surface area (Å²) in [6.07, 6.45) is -9.43. The number of halogens is 6. The summed E-state index contributed by atoms with van der Waals surface area (Å²) in [6, 6.07) is 5.24. The molecule has 1 N–H and O–H groups in total. The van der Waals surface area contributed by atoms with Crippen molar-refractivity contribution in [3.63, 3.8) is 0 Å². The maximum atomic E-state index is 12.5. The molecular formula is C13H6F6N4O2. The lowest BCUT2D eigenvalue weighted by Gasteiger charge is -2.08. The van der Waals surface area contributed by atoms with Crippen molar-refractivity contribution in [2.75, 3.05) is 0 Å². The summed E-state index contributed by atoms with van der Waals surface area (Å²) in [5, 5.41) is 8.78. The Labute approximate surface area is 134 Å². The van der Waals surface area contributed by atoms with Gasteiger partial charge in [0.15, 0.2) is 5.69 Å². The zero-order valence-corrected chi connectivity index (χ0v) is 11.8. The Morgan fingerprint density at radius 1 is 1.00 bits per heavy atom. The van der Waals surface area contributed by atoms with E-state index < -0.39 is 24.0 Å². The first kappa shape index (κ1) is 16.8.